The Bertz CT molecular complexity index is 428. The number of nitrogens with zero attached hydrogens (tertiary/aromatic N) is 1. The van der Waals surface area contributed by atoms with Crippen LogP contribution in [0.4, 0.5) is 0 Å². The van der Waals surface area contributed by atoms with Gasteiger partial charge >= 0.3 is 0 Å². The van der Waals surface area contributed by atoms with Gasteiger partial charge in [0.25, 0.3) is 0 Å². The van der Waals surface area contributed by atoms with E-state index in [2.05, 4.69) is 5.32 Å². The Morgan fingerprint density at radius 2 is 1.82 bits per heavy atom. The molecule has 5 heteroatoms. The van der Waals surface area contributed by atoms with Crippen molar-refractivity contribution in [2.45, 2.75) is 63.3 Å². The third-order valence-electron chi connectivity index (χ3n) is 5.51. The SMILES string of the molecule is NC1(C(=O)N2CCCC(C(=O)NCC3CC3)C2)CCCCC1. The summed E-state index contributed by atoms with van der Waals surface area (Å²) in [6.45, 7) is 2.11. The maximum Gasteiger partial charge on any atom is 0.242 e. The summed E-state index contributed by atoms with van der Waals surface area (Å²) in [4.78, 5) is 26.9. The molecule has 3 fully saturated rings. The average Bonchev–Trinajstić information content (AvgIpc) is 3.37. The maximum absolute atomic E-state index is 12.8. The Morgan fingerprint density at radius 1 is 1.09 bits per heavy atom. The molecule has 0 aromatic carbocycles. The predicted octanol–water partition coefficient (Wildman–Crippen LogP) is 1.41. The molecule has 0 radical (unpaired) electrons. The number of hydrogen-bond acceptors (Lipinski definition) is 3. The summed E-state index contributed by atoms with van der Waals surface area (Å²) in [6, 6.07) is 0. The van der Waals surface area contributed by atoms with Crippen LogP contribution in [0.25, 0.3) is 0 Å². The van der Waals surface area contributed by atoms with Gasteiger partial charge in [0.05, 0.1) is 11.5 Å². The van der Waals surface area contributed by atoms with Crippen molar-refractivity contribution in [3.05, 3.63) is 0 Å². The average molecular weight is 307 g/mol. The minimum Gasteiger partial charge on any atom is -0.356 e. The van der Waals surface area contributed by atoms with Crippen molar-refractivity contribution in [2.24, 2.45) is 17.6 Å². The van der Waals surface area contributed by atoms with Crippen molar-refractivity contribution in [1.29, 1.82) is 0 Å². The van der Waals surface area contributed by atoms with Crippen LogP contribution in [0.3, 0.4) is 0 Å². The van der Waals surface area contributed by atoms with Crippen LogP contribution >= 0.6 is 0 Å². The molecule has 0 bridgehead atoms. The van der Waals surface area contributed by atoms with Gasteiger partial charge in [-0.05, 0) is 44.4 Å². The number of piperidine rings is 1. The molecule has 3 rings (SSSR count). The summed E-state index contributed by atoms with van der Waals surface area (Å²) in [5.41, 5.74) is 5.69. The van der Waals surface area contributed by atoms with Crippen LogP contribution in [-0.4, -0.2) is 41.9 Å². The summed E-state index contributed by atoms with van der Waals surface area (Å²) >= 11 is 0. The van der Waals surface area contributed by atoms with Crippen LogP contribution < -0.4 is 11.1 Å². The molecule has 3 N–H and O–H groups in total. The maximum atomic E-state index is 12.8. The number of rotatable bonds is 4. The van der Waals surface area contributed by atoms with E-state index in [-0.39, 0.29) is 17.7 Å². The van der Waals surface area contributed by atoms with Gasteiger partial charge in [0.1, 0.15) is 0 Å². The van der Waals surface area contributed by atoms with Crippen molar-refractivity contribution in [3.63, 3.8) is 0 Å². The number of likely N-dealkylation sites (tertiary alicyclic amines) is 1. The fourth-order valence-electron chi connectivity index (χ4n) is 3.80. The Hall–Kier alpha value is -1.10. The molecule has 3 aliphatic rings. The van der Waals surface area contributed by atoms with E-state index in [1.165, 1.54) is 19.3 Å². The highest BCUT2D eigenvalue weighted by molar-refractivity contribution is 5.87. The van der Waals surface area contributed by atoms with Crippen LogP contribution in [0.15, 0.2) is 0 Å². The van der Waals surface area contributed by atoms with Gasteiger partial charge in [0.15, 0.2) is 0 Å². The summed E-state index contributed by atoms with van der Waals surface area (Å²) in [7, 11) is 0. The van der Waals surface area contributed by atoms with E-state index in [9.17, 15) is 9.59 Å². The molecule has 1 atom stereocenters. The number of hydrogen-bond donors (Lipinski definition) is 2. The predicted molar refractivity (Wildman–Crippen MR) is 85.0 cm³/mol. The second-order valence-corrected chi connectivity index (χ2v) is 7.50. The number of carbonyl (C=O) groups is 2. The number of amides is 2. The zero-order valence-electron chi connectivity index (χ0n) is 13.5. The largest absolute Gasteiger partial charge is 0.356 e. The Balaban J connectivity index is 1.54. The molecule has 0 spiro atoms. The fourth-order valence-corrected chi connectivity index (χ4v) is 3.80. The highest BCUT2D eigenvalue weighted by Crippen LogP contribution is 2.30. The molecule has 5 nitrogen and oxygen atoms in total. The van der Waals surface area contributed by atoms with Crippen LogP contribution in [-0.2, 0) is 9.59 Å². The van der Waals surface area contributed by atoms with Crippen LogP contribution in [0.1, 0.15) is 57.8 Å². The van der Waals surface area contributed by atoms with Gasteiger partial charge in [-0.3, -0.25) is 9.59 Å². The highest BCUT2D eigenvalue weighted by atomic mass is 16.2. The monoisotopic (exact) mass is 307 g/mol. The Morgan fingerprint density at radius 3 is 2.50 bits per heavy atom. The van der Waals surface area contributed by atoms with Crippen molar-refractivity contribution < 1.29 is 9.59 Å². The van der Waals surface area contributed by atoms with Gasteiger partial charge < -0.3 is 16.0 Å². The number of carbonyl (C=O) groups excluding carboxylic acids is 2. The standard InChI is InChI=1S/C17H29N3O2/c18-17(8-2-1-3-9-17)16(22)20-10-4-5-14(12-20)15(21)19-11-13-6-7-13/h13-14H,1-12,18H2,(H,19,21). The molecule has 2 aliphatic carbocycles. The molecule has 0 aromatic rings. The molecule has 1 saturated heterocycles. The Kier molecular flexibility index (Phi) is 4.71. The summed E-state index contributed by atoms with van der Waals surface area (Å²) in [6.07, 6.45) is 9.13. The molecular formula is C17H29N3O2. The van der Waals surface area contributed by atoms with E-state index in [0.717, 1.165) is 51.6 Å². The van der Waals surface area contributed by atoms with E-state index >= 15 is 0 Å². The zero-order valence-corrected chi connectivity index (χ0v) is 13.5. The van der Waals surface area contributed by atoms with Gasteiger partial charge in [0.2, 0.25) is 11.8 Å². The van der Waals surface area contributed by atoms with Crippen molar-refractivity contribution in [3.8, 4) is 0 Å². The molecule has 0 aromatic heterocycles. The molecule has 1 unspecified atom stereocenters. The first-order valence-corrected chi connectivity index (χ1v) is 8.94. The second-order valence-electron chi connectivity index (χ2n) is 7.50. The van der Waals surface area contributed by atoms with E-state index in [1.807, 2.05) is 4.90 Å². The molecule has 1 heterocycles. The highest BCUT2D eigenvalue weighted by Gasteiger charge is 2.40. The molecular weight excluding hydrogens is 278 g/mol. The molecule has 2 saturated carbocycles. The lowest BCUT2D eigenvalue weighted by Gasteiger charge is -2.40. The Labute approximate surface area is 133 Å². The van der Waals surface area contributed by atoms with Gasteiger partial charge in [-0.2, -0.15) is 0 Å². The van der Waals surface area contributed by atoms with E-state index in [1.54, 1.807) is 0 Å². The van der Waals surface area contributed by atoms with Crippen molar-refractivity contribution >= 4 is 11.8 Å². The lowest BCUT2D eigenvalue weighted by Crippen LogP contribution is -2.58. The molecule has 124 valence electrons. The minimum absolute atomic E-state index is 0.0522. The smallest absolute Gasteiger partial charge is 0.242 e. The third-order valence-corrected chi connectivity index (χ3v) is 5.51. The fraction of sp³-hybridized carbons (Fsp3) is 0.882. The lowest BCUT2D eigenvalue weighted by molar-refractivity contribution is -0.141. The second kappa shape index (κ2) is 6.57. The van der Waals surface area contributed by atoms with Crippen molar-refractivity contribution in [1.82, 2.24) is 10.2 Å². The first-order valence-electron chi connectivity index (χ1n) is 8.94. The van der Waals surface area contributed by atoms with E-state index in [0.29, 0.717) is 12.5 Å². The molecule has 22 heavy (non-hydrogen) atoms. The van der Waals surface area contributed by atoms with Crippen LogP contribution in [0.5, 0.6) is 0 Å². The van der Waals surface area contributed by atoms with Gasteiger partial charge in [-0.1, -0.05) is 19.3 Å². The van der Waals surface area contributed by atoms with Crippen molar-refractivity contribution in [2.75, 3.05) is 19.6 Å². The van der Waals surface area contributed by atoms with Gasteiger partial charge in [-0.15, -0.1) is 0 Å². The quantitative estimate of drug-likeness (QED) is 0.824. The van der Waals surface area contributed by atoms with Crippen LogP contribution in [0, 0.1) is 11.8 Å². The van der Waals surface area contributed by atoms with Gasteiger partial charge in [-0.25, -0.2) is 0 Å². The summed E-state index contributed by atoms with van der Waals surface area (Å²) < 4.78 is 0. The van der Waals surface area contributed by atoms with E-state index < -0.39 is 5.54 Å². The lowest BCUT2D eigenvalue weighted by atomic mass is 9.81. The first kappa shape index (κ1) is 15.8. The molecule has 2 amide bonds. The summed E-state index contributed by atoms with van der Waals surface area (Å²) in [5.74, 6) is 0.842. The first-order chi connectivity index (χ1) is 10.6. The zero-order chi connectivity index (χ0) is 15.6. The number of nitrogens with one attached hydrogen (secondary N) is 1. The normalized spacial score (nSPS) is 28.2. The third kappa shape index (κ3) is 3.62. The molecule has 1 aliphatic heterocycles. The topological polar surface area (TPSA) is 75.4 Å². The van der Waals surface area contributed by atoms with Crippen LogP contribution in [0.2, 0.25) is 0 Å². The number of nitrogens with two attached hydrogens (primary N) is 1. The van der Waals surface area contributed by atoms with E-state index in [4.69, 9.17) is 5.73 Å². The van der Waals surface area contributed by atoms with Gasteiger partial charge in [0, 0.05) is 19.6 Å². The minimum atomic E-state index is -0.676. The summed E-state index contributed by atoms with van der Waals surface area (Å²) in [5, 5.41) is 3.05.